The Hall–Kier alpha value is -3.21. The standard InChI is InChI=1S/C21H20N4O/c1-14-7-3-5-9-17(14)23-21-22-12-11-18(24-21)20(26)25-15(2)13-16-8-4-6-10-19(16)25/h3-12,15H,13H2,1-2H3,(H,22,23,24). The Bertz CT molecular complexity index is 969. The van der Waals surface area contributed by atoms with Crippen LogP contribution in [0.4, 0.5) is 17.3 Å². The summed E-state index contributed by atoms with van der Waals surface area (Å²) >= 11 is 0. The highest BCUT2D eigenvalue weighted by atomic mass is 16.2. The van der Waals surface area contributed by atoms with Gasteiger partial charge in [-0.05, 0) is 49.6 Å². The van der Waals surface area contributed by atoms with Gasteiger partial charge in [-0.1, -0.05) is 36.4 Å². The van der Waals surface area contributed by atoms with E-state index < -0.39 is 0 Å². The number of nitrogens with one attached hydrogen (secondary N) is 1. The molecule has 1 aromatic heterocycles. The molecule has 0 fully saturated rings. The Kier molecular flexibility index (Phi) is 4.13. The van der Waals surface area contributed by atoms with Crippen LogP contribution in [0, 0.1) is 6.92 Å². The number of para-hydroxylation sites is 2. The van der Waals surface area contributed by atoms with Gasteiger partial charge < -0.3 is 10.2 Å². The lowest BCUT2D eigenvalue weighted by atomic mass is 10.1. The Morgan fingerprint density at radius 3 is 2.73 bits per heavy atom. The van der Waals surface area contributed by atoms with Crippen LogP contribution < -0.4 is 10.2 Å². The molecule has 0 aliphatic carbocycles. The topological polar surface area (TPSA) is 58.1 Å². The number of amides is 1. The van der Waals surface area contributed by atoms with Gasteiger partial charge in [-0.3, -0.25) is 4.79 Å². The molecule has 0 bridgehead atoms. The van der Waals surface area contributed by atoms with E-state index in [2.05, 4.69) is 28.3 Å². The molecular formula is C21H20N4O. The van der Waals surface area contributed by atoms with E-state index in [0.29, 0.717) is 11.6 Å². The summed E-state index contributed by atoms with van der Waals surface area (Å²) in [6.07, 6.45) is 2.48. The molecule has 1 aliphatic heterocycles. The van der Waals surface area contributed by atoms with Crippen LogP contribution in [0.1, 0.15) is 28.5 Å². The van der Waals surface area contributed by atoms with Crippen molar-refractivity contribution in [2.24, 2.45) is 0 Å². The summed E-state index contributed by atoms with van der Waals surface area (Å²) in [4.78, 5) is 23.6. The van der Waals surface area contributed by atoms with Crippen molar-refractivity contribution < 1.29 is 4.79 Å². The number of hydrogen-bond donors (Lipinski definition) is 1. The molecule has 1 unspecified atom stereocenters. The number of fused-ring (bicyclic) bond motifs is 1. The Morgan fingerprint density at radius 2 is 1.88 bits per heavy atom. The Morgan fingerprint density at radius 1 is 1.12 bits per heavy atom. The first-order valence-electron chi connectivity index (χ1n) is 8.70. The van der Waals surface area contributed by atoms with Gasteiger partial charge in [0.25, 0.3) is 5.91 Å². The lowest BCUT2D eigenvalue weighted by Crippen LogP contribution is -2.36. The van der Waals surface area contributed by atoms with Gasteiger partial charge in [-0.25, -0.2) is 9.97 Å². The smallest absolute Gasteiger partial charge is 0.277 e. The van der Waals surface area contributed by atoms with Crippen LogP contribution >= 0.6 is 0 Å². The fourth-order valence-corrected chi connectivity index (χ4v) is 3.37. The molecule has 1 amide bonds. The minimum atomic E-state index is -0.0994. The molecule has 130 valence electrons. The summed E-state index contributed by atoms with van der Waals surface area (Å²) < 4.78 is 0. The maximum atomic E-state index is 13.1. The zero-order chi connectivity index (χ0) is 18.1. The minimum Gasteiger partial charge on any atom is -0.324 e. The molecule has 1 atom stereocenters. The predicted molar refractivity (Wildman–Crippen MR) is 103 cm³/mol. The number of carbonyl (C=O) groups is 1. The highest BCUT2D eigenvalue weighted by Gasteiger charge is 2.31. The maximum Gasteiger partial charge on any atom is 0.277 e. The zero-order valence-electron chi connectivity index (χ0n) is 14.8. The summed E-state index contributed by atoms with van der Waals surface area (Å²) in [5.74, 6) is 0.322. The van der Waals surface area contributed by atoms with E-state index in [9.17, 15) is 4.79 Å². The minimum absolute atomic E-state index is 0.0994. The van der Waals surface area contributed by atoms with Gasteiger partial charge in [-0.2, -0.15) is 0 Å². The number of hydrogen-bond acceptors (Lipinski definition) is 4. The molecule has 5 heteroatoms. The monoisotopic (exact) mass is 344 g/mol. The van der Waals surface area contributed by atoms with E-state index >= 15 is 0 Å². The lowest BCUT2D eigenvalue weighted by molar-refractivity contribution is 0.0976. The third-order valence-corrected chi connectivity index (χ3v) is 4.69. The SMILES string of the molecule is Cc1ccccc1Nc1nccc(C(=O)N2c3ccccc3CC2C)n1. The molecule has 0 spiro atoms. The van der Waals surface area contributed by atoms with Gasteiger partial charge in [0.1, 0.15) is 5.69 Å². The van der Waals surface area contributed by atoms with E-state index in [1.807, 2.05) is 54.3 Å². The van der Waals surface area contributed by atoms with Crippen molar-refractivity contribution in [3.8, 4) is 0 Å². The molecule has 2 aromatic carbocycles. The fourth-order valence-electron chi connectivity index (χ4n) is 3.37. The fraction of sp³-hybridized carbons (Fsp3) is 0.190. The van der Waals surface area contributed by atoms with Crippen LogP contribution in [0.5, 0.6) is 0 Å². The van der Waals surface area contributed by atoms with Gasteiger partial charge in [0, 0.05) is 23.6 Å². The van der Waals surface area contributed by atoms with E-state index in [-0.39, 0.29) is 11.9 Å². The predicted octanol–water partition coefficient (Wildman–Crippen LogP) is 4.12. The second-order valence-electron chi connectivity index (χ2n) is 6.56. The van der Waals surface area contributed by atoms with Crippen LogP contribution in [0.25, 0.3) is 0 Å². The first-order chi connectivity index (χ1) is 12.6. The van der Waals surface area contributed by atoms with Crippen molar-refractivity contribution in [1.82, 2.24) is 9.97 Å². The van der Waals surface area contributed by atoms with Crippen LogP contribution in [0.2, 0.25) is 0 Å². The van der Waals surface area contributed by atoms with Crippen LogP contribution in [-0.4, -0.2) is 21.9 Å². The largest absolute Gasteiger partial charge is 0.324 e. The van der Waals surface area contributed by atoms with E-state index in [4.69, 9.17) is 0 Å². The quantitative estimate of drug-likeness (QED) is 0.776. The average Bonchev–Trinajstić information content (AvgIpc) is 2.99. The molecule has 5 nitrogen and oxygen atoms in total. The first kappa shape index (κ1) is 16.3. The van der Waals surface area contributed by atoms with Crippen molar-refractivity contribution in [3.63, 3.8) is 0 Å². The summed E-state index contributed by atoms with van der Waals surface area (Å²) in [6.45, 7) is 4.08. The summed E-state index contributed by atoms with van der Waals surface area (Å²) in [5.41, 5.74) is 4.57. The maximum absolute atomic E-state index is 13.1. The number of anilines is 3. The number of rotatable bonds is 3. The van der Waals surface area contributed by atoms with Gasteiger partial charge in [-0.15, -0.1) is 0 Å². The van der Waals surface area contributed by atoms with E-state index in [1.54, 1.807) is 12.3 Å². The van der Waals surface area contributed by atoms with E-state index in [1.165, 1.54) is 5.56 Å². The Labute approximate surface area is 152 Å². The molecule has 0 saturated carbocycles. The number of nitrogens with zero attached hydrogens (tertiary/aromatic N) is 3. The summed E-state index contributed by atoms with van der Waals surface area (Å²) in [6, 6.07) is 17.7. The molecule has 26 heavy (non-hydrogen) atoms. The Balaban J connectivity index is 1.63. The van der Waals surface area contributed by atoms with Gasteiger partial charge in [0.05, 0.1) is 0 Å². The molecule has 1 N–H and O–H groups in total. The second-order valence-corrected chi connectivity index (χ2v) is 6.56. The molecule has 4 rings (SSSR count). The van der Waals surface area contributed by atoms with Crippen LogP contribution in [0.15, 0.2) is 60.8 Å². The number of aryl methyl sites for hydroxylation is 1. The van der Waals surface area contributed by atoms with Crippen molar-refractivity contribution >= 4 is 23.2 Å². The van der Waals surface area contributed by atoms with Crippen LogP contribution in [0.3, 0.4) is 0 Å². The highest BCUT2D eigenvalue weighted by Crippen LogP contribution is 2.32. The summed E-state index contributed by atoms with van der Waals surface area (Å²) in [5, 5.41) is 3.20. The number of carbonyl (C=O) groups excluding carboxylic acids is 1. The molecule has 3 aromatic rings. The molecular weight excluding hydrogens is 324 g/mol. The van der Waals surface area contributed by atoms with Gasteiger partial charge in [0.15, 0.2) is 0 Å². The average molecular weight is 344 g/mol. The number of aromatic nitrogens is 2. The van der Waals surface area contributed by atoms with Crippen molar-refractivity contribution in [2.45, 2.75) is 26.3 Å². The zero-order valence-corrected chi connectivity index (χ0v) is 14.8. The van der Waals surface area contributed by atoms with Gasteiger partial charge >= 0.3 is 0 Å². The van der Waals surface area contributed by atoms with Crippen molar-refractivity contribution in [2.75, 3.05) is 10.2 Å². The number of benzene rings is 2. The molecule has 0 radical (unpaired) electrons. The second kappa shape index (κ2) is 6.59. The molecule has 2 heterocycles. The highest BCUT2D eigenvalue weighted by molar-refractivity contribution is 6.06. The van der Waals surface area contributed by atoms with Crippen LogP contribution in [-0.2, 0) is 6.42 Å². The normalized spacial score (nSPS) is 15.6. The summed E-state index contributed by atoms with van der Waals surface area (Å²) in [7, 11) is 0. The van der Waals surface area contributed by atoms with Crippen molar-refractivity contribution in [1.29, 1.82) is 0 Å². The molecule has 1 aliphatic rings. The third-order valence-electron chi connectivity index (χ3n) is 4.69. The third kappa shape index (κ3) is 2.92. The lowest BCUT2D eigenvalue weighted by Gasteiger charge is -2.22. The first-order valence-corrected chi connectivity index (χ1v) is 8.70. The molecule has 0 saturated heterocycles. The van der Waals surface area contributed by atoms with Gasteiger partial charge in [0.2, 0.25) is 5.95 Å². The van der Waals surface area contributed by atoms with E-state index in [0.717, 1.165) is 23.4 Å². The van der Waals surface area contributed by atoms with Crippen molar-refractivity contribution in [3.05, 3.63) is 77.6 Å².